The van der Waals surface area contributed by atoms with Crippen LogP contribution in [-0.2, 0) is 10.2 Å². The van der Waals surface area contributed by atoms with Crippen molar-refractivity contribution in [2.45, 2.75) is 25.2 Å². The Balaban J connectivity index is 1.55. The van der Waals surface area contributed by atoms with E-state index in [0.29, 0.717) is 6.54 Å². The number of nitrogens with one attached hydrogen (secondary N) is 1. The van der Waals surface area contributed by atoms with Crippen LogP contribution in [0.3, 0.4) is 0 Å². The van der Waals surface area contributed by atoms with Crippen LogP contribution in [0, 0.1) is 0 Å². The second-order valence-electron chi connectivity index (χ2n) is 7.94. The van der Waals surface area contributed by atoms with Gasteiger partial charge in [-0.15, -0.1) is 0 Å². The number of nitrogens with zero attached hydrogens (tertiary/aromatic N) is 3. The Bertz CT molecular complexity index is 561. The first kappa shape index (κ1) is 19.3. The van der Waals surface area contributed by atoms with Crippen molar-refractivity contribution < 1.29 is 4.79 Å². The van der Waals surface area contributed by atoms with Gasteiger partial charge in [-0.25, -0.2) is 0 Å². The number of benzene rings is 1. The Morgan fingerprint density at radius 1 is 1.00 bits per heavy atom. The molecule has 0 bridgehead atoms. The predicted octanol–water partition coefficient (Wildman–Crippen LogP) is 1.40. The van der Waals surface area contributed by atoms with E-state index in [4.69, 9.17) is 0 Å². The van der Waals surface area contributed by atoms with Gasteiger partial charge in [0.15, 0.2) is 0 Å². The summed E-state index contributed by atoms with van der Waals surface area (Å²) in [6.07, 6.45) is 2.20. The van der Waals surface area contributed by atoms with Crippen LogP contribution in [0.4, 0.5) is 0 Å². The van der Waals surface area contributed by atoms with Gasteiger partial charge in [0.2, 0.25) is 5.91 Å². The Morgan fingerprint density at radius 3 is 2.23 bits per heavy atom. The summed E-state index contributed by atoms with van der Waals surface area (Å²) in [6.45, 7) is 10.9. The average molecular weight is 359 g/mol. The maximum atomic E-state index is 12.6. The van der Waals surface area contributed by atoms with Crippen molar-refractivity contribution in [3.05, 3.63) is 35.9 Å². The molecule has 1 amide bonds. The van der Waals surface area contributed by atoms with E-state index in [2.05, 4.69) is 64.3 Å². The Morgan fingerprint density at radius 2 is 1.62 bits per heavy atom. The van der Waals surface area contributed by atoms with Gasteiger partial charge < -0.3 is 15.1 Å². The topological polar surface area (TPSA) is 38.8 Å². The molecular formula is C21H34N4O. The summed E-state index contributed by atoms with van der Waals surface area (Å²) >= 11 is 0. The lowest BCUT2D eigenvalue weighted by Crippen LogP contribution is -2.52. The third-order valence-electron chi connectivity index (χ3n) is 6.23. The molecule has 2 aliphatic rings. The van der Waals surface area contributed by atoms with Crippen LogP contribution < -0.4 is 5.32 Å². The SMILES string of the molecule is CCN1CCN(CC(=O)NCC2(c3ccccc3)CCN(C)CC2)CC1. The number of likely N-dealkylation sites (tertiary alicyclic amines) is 1. The third kappa shape index (κ3) is 4.84. The van der Waals surface area contributed by atoms with Gasteiger partial charge in [0.25, 0.3) is 0 Å². The van der Waals surface area contributed by atoms with Crippen LogP contribution in [0.5, 0.6) is 0 Å². The largest absolute Gasteiger partial charge is 0.354 e. The molecule has 5 nitrogen and oxygen atoms in total. The monoisotopic (exact) mass is 358 g/mol. The molecule has 2 aliphatic heterocycles. The van der Waals surface area contributed by atoms with Crippen LogP contribution in [-0.4, -0.2) is 86.6 Å². The molecule has 0 aromatic heterocycles. The molecular weight excluding hydrogens is 324 g/mol. The minimum absolute atomic E-state index is 0.0737. The second kappa shape index (κ2) is 8.98. The Labute approximate surface area is 158 Å². The van der Waals surface area contributed by atoms with E-state index in [1.165, 1.54) is 5.56 Å². The molecule has 2 heterocycles. The van der Waals surface area contributed by atoms with Gasteiger partial charge in [0, 0.05) is 38.1 Å². The summed E-state index contributed by atoms with van der Waals surface area (Å²) in [6, 6.07) is 10.7. The van der Waals surface area contributed by atoms with Gasteiger partial charge in [0.05, 0.1) is 6.54 Å². The van der Waals surface area contributed by atoms with Gasteiger partial charge in [-0.2, -0.15) is 0 Å². The molecule has 5 heteroatoms. The minimum atomic E-state index is 0.0737. The summed E-state index contributed by atoms with van der Waals surface area (Å²) < 4.78 is 0. The van der Waals surface area contributed by atoms with Gasteiger partial charge >= 0.3 is 0 Å². The molecule has 1 aromatic carbocycles. The fraction of sp³-hybridized carbons (Fsp3) is 0.667. The first-order chi connectivity index (χ1) is 12.6. The van der Waals surface area contributed by atoms with Crippen molar-refractivity contribution in [1.29, 1.82) is 0 Å². The molecule has 0 saturated carbocycles. The fourth-order valence-electron chi connectivity index (χ4n) is 4.20. The quantitative estimate of drug-likeness (QED) is 0.834. The highest BCUT2D eigenvalue weighted by molar-refractivity contribution is 5.78. The van der Waals surface area contributed by atoms with E-state index in [1.54, 1.807) is 0 Å². The molecule has 2 saturated heterocycles. The van der Waals surface area contributed by atoms with E-state index >= 15 is 0 Å². The van der Waals surface area contributed by atoms with Crippen molar-refractivity contribution in [3.8, 4) is 0 Å². The normalized spacial score (nSPS) is 22.2. The molecule has 0 aliphatic carbocycles. The van der Waals surface area contributed by atoms with Gasteiger partial charge in [-0.1, -0.05) is 37.3 Å². The number of piperazine rings is 1. The molecule has 3 rings (SSSR count). The summed E-state index contributed by atoms with van der Waals surface area (Å²) in [7, 11) is 2.18. The fourth-order valence-corrected chi connectivity index (χ4v) is 4.20. The van der Waals surface area contributed by atoms with Crippen LogP contribution in [0.15, 0.2) is 30.3 Å². The van der Waals surface area contributed by atoms with Crippen LogP contribution in [0.25, 0.3) is 0 Å². The van der Waals surface area contributed by atoms with Crippen molar-refractivity contribution in [3.63, 3.8) is 0 Å². The molecule has 144 valence electrons. The van der Waals surface area contributed by atoms with E-state index in [-0.39, 0.29) is 11.3 Å². The summed E-state index contributed by atoms with van der Waals surface area (Å²) in [4.78, 5) is 19.7. The van der Waals surface area contributed by atoms with Crippen molar-refractivity contribution in [1.82, 2.24) is 20.0 Å². The van der Waals surface area contributed by atoms with Crippen LogP contribution >= 0.6 is 0 Å². The number of hydrogen-bond donors (Lipinski definition) is 1. The molecule has 0 atom stereocenters. The lowest BCUT2D eigenvalue weighted by Gasteiger charge is -2.41. The van der Waals surface area contributed by atoms with E-state index in [9.17, 15) is 4.79 Å². The highest BCUT2D eigenvalue weighted by Gasteiger charge is 2.35. The summed E-state index contributed by atoms with van der Waals surface area (Å²) in [5, 5.41) is 3.27. The number of rotatable bonds is 6. The molecule has 0 unspecified atom stereocenters. The zero-order valence-electron chi connectivity index (χ0n) is 16.4. The first-order valence-corrected chi connectivity index (χ1v) is 10.1. The maximum Gasteiger partial charge on any atom is 0.234 e. The zero-order valence-corrected chi connectivity index (χ0v) is 16.4. The lowest BCUT2D eigenvalue weighted by atomic mass is 9.72. The molecule has 1 aromatic rings. The van der Waals surface area contributed by atoms with Crippen molar-refractivity contribution >= 4 is 5.91 Å². The average Bonchev–Trinajstić information content (AvgIpc) is 2.69. The standard InChI is InChI=1S/C21H34N4O/c1-3-24-13-15-25(16-14-24)17-20(26)22-18-21(9-11-23(2)12-10-21)19-7-5-4-6-8-19/h4-8H,3,9-18H2,1-2H3,(H,22,26). The highest BCUT2D eigenvalue weighted by atomic mass is 16.2. The number of amides is 1. The van der Waals surface area contributed by atoms with Gasteiger partial charge in [-0.3, -0.25) is 9.69 Å². The van der Waals surface area contributed by atoms with E-state index < -0.39 is 0 Å². The van der Waals surface area contributed by atoms with Gasteiger partial charge in [-0.05, 0) is 45.1 Å². The molecule has 0 spiro atoms. The van der Waals surface area contributed by atoms with Gasteiger partial charge in [0.1, 0.15) is 0 Å². The second-order valence-corrected chi connectivity index (χ2v) is 7.94. The number of carbonyl (C=O) groups is 1. The number of carbonyl (C=O) groups excluding carboxylic acids is 1. The van der Waals surface area contributed by atoms with Crippen molar-refractivity contribution in [2.24, 2.45) is 0 Å². The van der Waals surface area contributed by atoms with Crippen LogP contribution in [0.1, 0.15) is 25.3 Å². The number of piperidine rings is 1. The molecule has 2 fully saturated rings. The van der Waals surface area contributed by atoms with E-state index in [0.717, 1.165) is 65.2 Å². The number of hydrogen-bond acceptors (Lipinski definition) is 4. The highest BCUT2D eigenvalue weighted by Crippen LogP contribution is 2.34. The third-order valence-corrected chi connectivity index (χ3v) is 6.23. The first-order valence-electron chi connectivity index (χ1n) is 10.1. The number of likely N-dealkylation sites (N-methyl/N-ethyl adjacent to an activating group) is 1. The maximum absolute atomic E-state index is 12.6. The summed E-state index contributed by atoms with van der Waals surface area (Å²) in [5.74, 6) is 0.171. The predicted molar refractivity (Wildman–Crippen MR) is 106 cm³/mol. The van der Waals surface area contributed by atoms with Crippen LogP contribution in [0.2, 0.25) is 0 Å². The van der Waals surface area contributed by atoms with Crippen molar-refractivity contribution in [2.75, 3.05) is 66.0 Å². The Kier molecular flexibility index (Phi) is 6.68. The Hall–Kier alpha value is -1.43. The summed E-state index contributed by atoms with van der Waals surface area (Å²) in [5.41, 5.74) is 1.44. The smallest absolute Gasteiger partial charge is 0.234 e. The minimum Gasteiger partial charge on any atom is -0.354 e. The molecule has 0 radical (unpaired) electrons. The van der Waals surface area contributed by atoms with E-state index in [1.807, 2.05) is 0 Å². The lowest BCUT2D eigenvalue weighted by molar-refractivity contribution is -0.123. The molecule has 26 heavy (non-hydrogen) atoms. The molecule has 1 N–H and O–H groups in total. The zero-order chi connectivity index (χ0) is 18.4.